The molecule has 1 amide bonds. The zero-order valence-corrected chi connectivity index (χ0v) is 16.0. The predicted molar refractivity (Wildman–Crippen MR) is 105 cm³/mol. The van der Waals surface area contributed by atoms with Crippen LogP contribution in [0.4, 0.5) is 4.39 Å². The lowest BCUT2D eigenvalue weighted by atomic mass is 10.0. The van der Waals surface area contributed by atoms with E-state index in [0.29, 0.717) is 23.0 Å². The van der Waals surface area contributed by atoms with Crippen LogP contribution in [-0.2, 0) is 16.0 Å². The van der Waals surface area contributed by atoms with Gasteiger partial charge in [0.2, 0.25) is 11.1 Å². The van der Waals surface area contributed by atoms with Gasteiger partial charge < -0.3 is 5.32 Å². The molecule has 28 heavy (non-hydrogen) atoms. The fraction of sp³-hybridized carbons (Fsp3) is 0.200. The lowest BCUT2D eigenvalue weighted by molar-refractivity contribution is -0.125. The molecule has 0 aliphatic carbocycles. The number of hydrogen-bond acceptors (Lipinski definition) is 5. The van der Waals surface area contributed by atoms with E-state index in [1.54, 1.807) is 18.2 Å². The first kappa shape index (κ1) is 19.8. The summed E-state index contributed by atoms with van der Waals surface area (Å²) in [6.07, 6.45) is 0.435. The van der Waals surface area contributed by atoms with Crippen molar-refractivity contribution in [2.45, 2.75) is 24.5 Å². The van der Waals surface area contributed by atoms with Crippen LogP contribution < -0.4 is 5.32 Å². The molecule has 1 unspecified atom stereocenters. The zero-order chi connectivity index (χ0) is 19.9. The fourth-order valence-corrected chi connectivity index (χ4v) is 3.21. The maximum Gasteiger partial charge on any atom is 0.231 e. The highest BCUT2D eigenvalue weighted by molar-refractivity contribution is 7.99. The number of aromatic nitrogens is 3. The molecule has 1 aromatic heterocycles. The highest BCUT2D eigenvalue weighted by Crippen LogP contribution is 2.21. The van der Waals surface area contributed by atoms with E-state index < -0.39 is 11.9 Å². The maximum absolute atomic E-state index is 13.8. The van der Waals surface area contributed by atoms with Crippen LogP contribution in [0, 0.1) is 5.82 Å². The van der Waals surface area contributed by atoms with Gasteiger partial charge in [0.1, 0.15) is 5.82 Å². The average Bonchev–Trinajstić information content (AvgIpc) is 3.16. The second-order valence-electron chi connectivity index (χ2n) is 6.16. The molecule has 1 atom stereocenters. The minimum absolute atomic E-state index is 0.0487. The van der Waals surface area contributed by atoms with Crippen LogP contribution in [0.1, 0.15) is 12.5 Å². The number of carbonyl (C=O) groups excluding carboxylic acids is 2. The molecule has 2 aromatic carbocycles. The first-order chi connectivity index (χ1) is 13.5. The minimum atomic E-state index is -0.586. The van der Waals surface area contributed by atoms with Gasteiger partial charge in [0.25, 0.3) is 0 Å². The van der Waals surface area contributed by atoms with Gasteiger partial charge in [0.15, 0.2) is 11.6 Å². The van der Waals surface area contributed by atoms with E-state index in [9.17, 15) is 14.0 Å². The van der Waals surface area contributed by atoms with Crippen molar-refractivity contribution in [2.75, 3.05) is 5.75 Å². The molecule has 8 heteroatoms. The van der Waals surface area contributed by atoms with E-state index in [-0.39, 0.29) is 17.4 Å². The molecule has 0 radical (unpaired) electrons. The molecular formula is C20H19FN4O2S. The van der Waals surface area contributed by atoms with Crippen LogP contribution in [0.3, 0.4) is 0 Å². The molecule has 0 aliphatic heterocycles. The van der Waals surface area contributed by atoms with Crippen molar-refractivity contribution in [3.8, 4) is 11.4 Å². The van der Waals surface area contributed by atoms with Crippen LogP contribution in [0.2, 0.25) is 0 Å². The largest absolute Gasteiger partial charge is 0.345 e. The molecule has 0 saturated heterocycles. The Morgan fingerprint density at radius 3 is 2.57 bits per heavy atom. The number of thioether (sulfide) groups is 1. The molecule has 1 heterocycles. The van der Waals surface area contributed by atoms with Gasteiger partial charge in [-0.15, -0.1) is 5.10 Å². The zero-order valence-electron chi connectivity index (χ0n) is 15.2. The summed E-state index contributed by atoms with van der Waals surface area (Å²) in [7, 11) is 0. The lowest BCUT2D eigenvalue weighted by Crippen LogP contribution is -2.42. The van der Waals surface area contributed by atoms with E-state index in [2.05, 4.69) is 20.5 Å². The summed E-state index contributed by atoms with van der Waals surface area (Å²) in [5.41, 5.74) is 1.28. The summed E-state index contributed by atoms with van der Waals surface area (Å²) in [4.78, 5) is 28.3. The Balaban J connectivity index is 1.56. The van der Waals surface area contributed by atoms with Gasteiger partial charge in [-0.2, -0.15) is 0 Å². The smallest absolute Gasteiger partial charge is 0.231 e. The number of halogens is 1. The summed E-state index contributed by atoms with van der Waals surface area (Å²) in [6.45, 7) is 1.46. The van der Waals surface area contributed by atoms with E-state index in [1.165, 1.54) is 13.0 Å². The molecule has 0 bridgehead atoms. The normalized spacial score (nSPS) is 11.8. The SMILES string of the molecule is CC(=O)C(Cc1ccccc1)NC(=O)CSc1n[nH]c(-c2ccccc2F)n1. The molecule has 0 spiro atoms. The van der Waals surface area contributed by atoms with Crippen LogP contribution in [0.5, 0.6) is 0 Å². The summed E-state index contributed by atoms with van der Waals surface area (Å²) in [5, 5.41) is 9.75. The van der Waals surface area contributed by atoms with Crippen molar-refractivity contribution in [3.63, 3.8) is 0 Å². The monoisotopic (exact) mass is 398 g/mol. The van der Waals surface area contributed by atoms with Gasteiger partial charge >= 0.3 is 0 Å². The summed E-state index contributed by atoms with van der Waals surface area (Å²) >= 11 is 1.11. The Kier molecular flexibility index (Phi) is 6.54. The van der Waals surface area contributed by atoms with Crippen molar-refractivity contribution < 1.29 is 14.0 Å². The Labute approximate surface area is 166 Å². The number of nitrogens with one attached hydrogen (secondary N) is 2. The quantitative estimate of drug-likeness (QED) is 0.570. The summed E-state index contributed by atoms with van der Waals surface area (Å²) < 4.78 is 13.8. The number of hydrogen-bond donors (Lipinski definition) is 2. The Morgan fingerprint density at radius 2 is 1.86 bits per heavy atom. The molecule has 0 saturated carbocycles. The van der Waals surface area contributed by atoms with E-state index >= 15 is 0 Å². The molecule has 0 fully saturated rings. The van der Waals surface area contributed by atoms with Crippen LogP contribution >= 0.6 is 11.8 Å². The number of aromatic amines is 1. The average molecular weight is 398 g/mol. The van der Waals surface area contributed by atoms with Crippen LogP contribution in [0.25, 0.3) is 11.4 Å². The van der Waals surface area contributed by atoms with Gasteiger partial charge in [-0.1, -0.05) is 54.2 Å². The standard InChI is InChI=1S/C20H19FN4O2S/c1-13(26)17(11-14-7-3-2-4-8-14)22-18(27)12-28-20-23-19(24-25-20)15-9-5-6-10-16(15)21/h2-10,17H,11-12H2,1H3,(H,22,27)(H,23,24,25). The van der Waals surface area contributed by atoms with E-state index in [4.69, 9.17) is 0 Å². The van der Waals surface area contributed by atoms with Crippen molar-refractivity contribution in [3.05, 3.63) is 66.0 Å². The summed E-state index contributed by atoms with van der Waals surface area (Å²) in [6, 6.07) is 15.1. The highest BCUT2D eigenvalue weighted by atomic mass is 32.2. The molecular weight excluding hydrogens is 379 g/mol. The number of nitrogens with zero attached hydrogens (tertiary/aromatic N) is 2. The molecule has 144 valence electrons. The third kappa shape index (κ3) is 5.26. The molecule has 3 aromatic rings. The molecule has 6 nitrogen and oxygen atoms in total. The van der Waals surface area contributed by atoms with Gasteiger partial charge in [0.05, 0.1) is 17.4 Å². The van der Waals surface area contributed by atoms with Gasteiger partial charge in [0, 0.05) is 0 Å². The maximum atomic E-state index is 13.8. The van der Waals surface area contributed by atoms with Crippen LogP contribution in [0.15, 0.2) is 59.8 Å². The van der Waals surface area contributed by atoms with Crippen molar-refractivity contribution in [1.29, 1.82) is 0 Å². The van der Waals surface area contributed by atoms with Crippen molar-refractivity contribution in [2.24, 2.45) is 0 Å². The van der Waals surface area contributed by atoms with Gasteiger partial charge in [-0.25, -0.2) is 9.37 Å². The second kappa shape index (κ2) is 9.27. The number of amides is 1. The predicted octanol–water partition coefficient (Wildman–Crippen LogP) is 3.02. The number of rotatable bonds is 8. The third-order valence-corrected chi connectivity index (χ3v) is 4.88. The molecule has 0 aliphatic rings. The number of benzene rings is 2. The van der Waals surface area contributed by atoms with E-state index in [1.807, 2.05) is 30.3 Å². The Morgan fingerprint density at radius 1 is 1.14 bits per heavy atom. The number of carbonyl (C=O) groups is 2. The first-order valence-corrected chi connectivity index (χ1v) is 9.65. The van der Waals surface area contributed by atoms with Gasteiger partial charge in [-0.05, 0) is 31.0 Å². The summed E-state index contributed by atoms with van der Waals surface area (Å²) in [5.74, 6) is -0.460. The van der Waals surface area contributed by atoms with Crippen molar-refractivity contribution >= 4 is 23.5 Å². The Bertz CT molecular complexity index is 962. The first-order valence-electron chi connectivity index (χ1n) is 8.67. The second-order valence-corrected chi connectivity index (χ2v) is 7.10. The Hall–Kier alpha value is -3.00. The number of Topliss-reactive ketones (excluding diaryl/α,β-unsaturated/α-hetero) is 1. The molecule has 2 N–H and O–H groups in total. The number of H-pyrrole nitrogens is 1. The van der Waals surface area contributed by atoms with E-state index in [0.717, 1.165) is 17.3 Å². The highest BCUT2D eigenvalue weighted by Gasteiger charge is 2.18. The lowest BCUT2D eigenvalue weighted by Gasteiger charge is -2.15. The topological polar surface area (TPSA) is 87.7 Å². The van der Waals surface area contributed by atoms with Gasteiger partial charge in [-0.3, -0.25) is 14.7 Å². The number of ketones is 1. The van der Waals surface area contributed by atoms with Crippen molar-refractivity contribution in [1.82, 2.24) is 20.5 Å². The third-order valence-electron chi connectivity index (χ3n) is 4.03. The minimum Gasteiger partial charge on any atom is -0.345 e. The molecule has 3 rings (SSSR count). The fourth-order valence-electron chi connectivity index (χ4n) is 2.60. The van der Waals surface area contributed by atoms with Crippen LogP contribution in [-0.4, -0.2) is 38.7 Å².